The summed E-state index contributed by atoms with van der Waals surface area (Å²) in [5, 5.41) is 0. The molecule has 0 saturated carbocycles. The second-order valence-electron chi connectivity index (χ2n) is 7.27. The lowest BCUT2D eigenvalue weighted by Crippen LogP contribution is -2.30. The molecule has 0 aliphatic heterocycles. The molecule has 0 aromatic carbocycles. The second kappa shape index (κ2) is 13.6. The molecule has 23 heavy (non-hydrogen) atoms. The molecule has 1 heterocycles. The molecular formula is C21H41N2+. The zero-order chi connectivity index (χ0) is 16.8. The SMILES string of the molecule is CCCCCCCCCCCCC(C)n1cc[n+](CCCC)c1. The van der Waals surface area contributed by atoms with Crippen LogP contribution in [0.5, 0.6) is 0 Å². The standard InChI is InChI=1S/C21H41N2/c1-4-6-8-9-10-11-12-13-14-15-16-21(3)23-19-18-22(20-23)17-7-5-2/h18-21H,4-17H2,1-3H3/q+1. The van der Waals surface area contributed by atoms with Crippen LogP contribution in [0.25, 0.3) is 0 Å². The molecule has 0 amide bonds. The summed E-state index contributed by atoms with van der Waals surface area (Å²) in [5.74, 6) is 0. The van der Waals surface area contributed by atoms with Crippen molar-refractivity contribution in [3.05, 3.63) is 18.7 Å². The van der Waals surface area contributed by atoms with Crippen molar-refractivity contribution < 1.29 is 4.57 Å². The lowest BCUT2D eigenvalue weighted by Gasteiger charge is -2.08. The highest BCUT2D eigenvalue weighted by Crippen LogP contribution is 2.16. The van der Waals surface area contributed by atoms with Gasteiger partial charge in [-0.1, -0.05) is 78.1 Å². The van der Waals surface area contributed by atoms with Crippen LogP contribution in [-0.2, 0) is 6.54 Å². The van der Waals surface area contributed by atoms with Gasteiger partial charge in [0.1, 0.15) is 12.4 Å². The van der Waals surface area contributed by atoms with Crippen LogP contribution in [-0.4, -0.2) is 4.57 Å². The third-order valence-electron chi connectivity index (χ3n) is 4.97. The van der Waals surface area contributed by atoms with Gasteiger partial charge in [0.15, 0.2) is 0 Å². The average molecular weight is 322 g/mol. The summed E-state index contributed by atoms with van der Waals surface area (Å²) < 4.78 is 4.72. The molecule has 1 aromatic rings. The maximum atomic E-state index is 2.39. The normalized spacial score (nSPS) is 12.7. The Hall–Kier alpha value is -0.790. The highest BCUT2D eigenvalue weighted by Gasteiger charge is 2.11. The van der Waals surface area contributed by atoms with E-state index in [2.05, 4.69) is 48.6 Å². The van der Waals surface area contributed by atoms with Gasteiger partial charge in [0.25, 0.3) is 0 Å². The lowest BCUT2D eigenvalue weighted by molar-refractivity contribution is -0.697. The van der Waals surface area contributed by atoms with E-state index in [0.717, 1.165) is 6.54 Å². The highest BCUT2D eigenvalue weighted by molar-refractivity contribution is 4.72. The van der Waals surface area contributed by atoms with Crippen LogP contribution < -0.4 is 4.57 Å². The minimum absolute atomic E-state index is 0.645. The molecule has 0 saturated heterocycles. The minimum atomic E-state index is 0.645. The van der Waals surface area contributed by atoms with Gasteiger partial charge in [-0.15, -0.1) is 0 Å². The molecule has 0 aliphatic carbocycles. The molecule has 2 heteroatoms. The van der Waals surface area contributed by atoms with E-state index in [1.54, 1.807) is 0 Å². The monoisotopic (exact) mass is 321 g/mol. The van der Waals surface area contributed by atoms with Crippen molar-refractivity contribution in [2.75, 3.05) is 0 Å². The van der Waals surface area contributed by atoms with Gasteiger partial charge in [-0.05, 0) is 26.2 Å². The molecule has 1 unspecified atom stereocenters. The summed E-state index contributed by atoms with van der Waals surface area (Å²) in [5.41, 5.74) is 0. The molecule has 0 radical (unpaired) electrons. The van der Waals surface area contributed by atoms with Crippen LogP contribution >= 0.6 is 0 Å². The Morgan fingerprint density at radius 2 is 1.35 bits per heavy atom. The number of aryl methyl sites for hydroxylation is 1. The van der Waals surface area contributed by atoms with Crippen LogP contribution in [0.2, 0.25) is 0 Å². The quantitative estimate of drug-likeness (QED) is 0.259. The number of aromatic nitrogens is 2. The van der Waals surface area contributed by atoms with Crippen LogP contribution in [0.3, 0.4) is 0 Å². The van der Waals surface area contributed by atoms with Crippen molar-refractivity contribution in [2.45, 2.75) is 117 Å². The number of imidazole rings is 1. The summed E-state index contributed by atoms with van der Waals surface area (Å²) in [6.45, 7) is 8.07. The van der Waals surface area contributed by atoms with E-state index in [1.165, 1.54) is 83.5 Å². The molecular weight excluding hydrogens is 280 g/mol. The van der Waals surface area contributed by atoms with E-state index in [-0.39, 0.29) is 0 Å². The fourth-order valence-corrected chi connectivity index (χ4v) is 3.22. The van der Waals surface area contributed by atoms with Crippen molar-refractivity contribution in [2.24, 2.45) is 0 Å². The fourth-order valence-electron chi connectivity index (χ4n) is 3.22. The lowest BCUT2D eigenvalue weighted by atomic mass is 10.0. The number of hydrogen-bond acceptors (Lipinski definition) is 0. The van der Waals surface area contributed by atoms with Gasteiger partial charge in [0, 0.05) is 0 Å². The zero-order valence-electron chi connectivity index (χ0n) is 16.1. The zero-order valence-corrected chi connectivity index (χ0v) is 16.1. The van der Waals surface area contributed by atoms with Crippen molar-refractivity contribution in [3.63, 3.8) is 0 Å². The molecule has 0 fully saturated rings. The van der Waals surface area contributed by atoms with Gasteiger partial charge >= 0.3 is 0 Å². The van der Waals surface area contributed by atoms with E-state index in [1.807, 2.05) is 0 Å². The van der Waals surface area contributed by atoms with Crippen LogP contribution in [0.1, 0.15) is 110 Å². The Balaban J connectivity index is 1.99. The molecule has 2 nitrogen and oxygen atoms in total. The van der Waals surface area contributed by atoms with Crippen molar-refractivity contribution in [1.82, 2.24) is 4.57 Å². The molecule has 134 valence electrons. The predicted octanol–water partition coefficient (Wildman–Crippen LogP) is 6.45. The van der Waals surface area contributed by atoms with E-state index in [9.17, 15) is 0 Å². The van der Waals surface area contributed by atoms with Crippen LogP contribution in [0, 0.1) is 0 Å². The van der Waals surface area contributed by atoms with Gasteiger partial charge in [-0.3, -0.25) is 0 Å². The number of hydrogen-bond donors (Lipinski definition) is 0. The molecule has 1 aromatic heterocycles. The molecule has 0 aliphatic rings. The van der Waals surface area contributed by atoms with Gasteiger partial charge in [0.05, 0.1) is 12.6 Å². The van der Waals surface area contributed by atoms with E-state index in [0.29, 0.717) is 6.04 Å². The van der Waals surface area contributed by atoms with Gasteiger partial charge < -0.3 is 0 Å². The maximum absolute atomic E-state index is 2.39. The summed E-state index contributed by atoms with van der Waals surface area (Å²) in [6.07, 6.45) is 24.9. The first-order valence-corrected chi connectivity index (χ1v) is 10.3. The summed E-state index contributed by atoms with van der Waals surface area (Å²) in [7, 11) is 0. The van der Waals surface area contributed by atoms with Gasteiger partial charge in [0.2, 0.25) is 6.33 Å². The molecule has 1 atom stereocenters. The summed E-state index contributed by atoms with van der Waals surface area (Å²) >= 11 is 0. The maximum Gasteiger partial charge on any atom is 0.243 e. The molecule has 1 rings (SSSR count). The largest absolute Gasteiger partial charge is 0.243 e. The van der Waals surface area contributed by atoms with E-state index in [4.69, 9.17) is 0 Å². The van der Waals surface area contributed by atoms with E-state index < -0.39 is 0 Å². The average Bonchev–Trinajstić information content (AvgIpc) is 3.03. The van der Waals surface area contributed by atoms with Gasteiger partial charge in [-0.25, -0.2) is 9.13 Å². The van der Waals surface area contributed by atoms with Crippen molar-refractivity contribution >= 4 is 0 Å². The Morgan fingerprint density at radius 3 is 1.96 bits per heavy atom. The predicted molar refractivity (Wildman–Crippen MR) is 101 cm³/mol. The van der Waals surface area contributed by atoms with Crippen LogP contribution in [0.15, 0.2) is 18.7 Å². The first-order valence-electron chi connectivity index (χ1n) is 10.3. The molecule has 0 bridgehead atoms. The topological polar surface area (TPSA) is 8.81 Å². The third kappa shape index (κ3) is 9.84. The Kier molecular flexibility index (Phi) is 12.0. The van der Waals surface area contributed by atoms with E-state index >= 15 is 0 Å². The fraction of sp³-hybridized carbons (Fsp3) is 0.857. The number of unbranched alkanes of at least 4 members (excludes halogenated alkanes) is 10. The van der Waals surface area contributed by atoms with Crippen LogP contribution in [0.4, 0.5) is 0 Å². The number of rotatable bonds is 15. The summed E-state index contributed by atoms with van der Waals surface area (Å²) in [6, 6.07) is 0.645. The molecule has 0 spiro atoms. The van der Waals surface area contributed by atoms with Crippen molar-refractivity contribution in [1.29, 1.82) is 0 Å². The highest BCUT2D eigenvalue weighted by atomic mass is 15.1. The second-order valence-corrected chi connectivity index (χ2v) is 7.27. The van der Waals surface area contributed by atoms with Crippen molar-refractivity contribution in [3.8, 4) is 0 Å². The number of nitrogens with zero attached hydrogens (tertiary/aromatic N) is 2. The smallest absolute Gasteiger partial charge is 0.237 e. The minimum Gasteiger partial charge on any atom is -0.237 e. The Morgan fingerprint density at radius 1 is 0.783 bits per heavy atom. The first kappa shape index (κ1) is 20.3. The Labute approximate surface area is 145 Å². The Bertz CT molecular complexity index is 370. The first-order chi connectivity index (χ1) is 11.3. The third-order valence-corrected chi connectivity index (χ3v) is 4.97. The molecule has 0 N–H and O–H groups in total. The van der Waals surface area contributed by atoms with Gasteiger partial charge in [-0.2, -0.15) is 0 Å². The summed E-state index contributed by atoms with van der Waals surface area (Å²) in [4.78, 5) is 0.